The van der Waals surface area contributed by atoms with E-state index in [1.54, 1.807) is 13.0 Å². The lowest BCUT2D eigenvalue weighted by Crippen LogP contribution is -2.26. The zero-order valence-corrected chi connectivity index (χ0v) is 10.3. The molecule has 1 aromatic carbocycles. The Hall–Kier alpha value is -0.600. The van der Waals surface area contributed by atoms with Crippen LogP contribution < -0.4 is 5.73 Å². The molecular weight excluding hydrogens is 213 g/mol. The van der Waals surface area contributed by atoms with Gasteiger partial charge in [0.2, 0.25) is 0 Å². The van der Waals surface area contributed by atoms with Gasteiger partial charge in [-0.1, -0.05) is 38.4 Å². The maximum absolute atomic E-state index is 13.2. The highest BCUT2D eigenvalue weighted by Crippen LogP contribution is 2.35. The lowest BCUT2D eigenvalue weighted by Gasteiger charge is -2.28. The Morgan fingerprint density at radius 1 is 1.33 bits per heavy atom. The number of benzene rings is 1. The molecule has 0 aliphatic carbocycles. The molecule has 0 radical (unpaired) electrons. The Balaban J connectivity index is 3.21. The fourth-order valence-electron chi connectivity index (χ4n) is 1.38. The summed E-state index contributed by atoms with van der Waals surface area (Å²) in [6.45, 7) is 7.82. The molecule has 0 heterocycles. The molecule has 1 rings (SSSR count). The van der Waals surface area contributed by atoms with E-state index >= 15 is 0 Å². The molecule has 0 aliphatic heterocycles. The Morgan fingerprint density at radius 2 is 1.87 bits per heavy atom. The quantitative estimate of drug-likeness (QED) is 0.778. The number of nitrogens with two attached hydrogens (primary N) is 1. The summed E-state index contributed by atoms with van der Waals surface area (Å²) in [5.74, 6) is -0.287. The summed E-state index contributed by atoms with van der Waals surface area (Å²) in [6, 6.07) is 2.87. The van der Waals surface area contributed by atoms with E-state index in [1.165, 1.54) is 6.07 Å². The van der Waals surface area contributed by atoms with Crippen molar-refractivity contribution >= 4 is 11.6 Å². The van der Waals surface area contributed by atoms with Crippen LogP contribution in [0.3, 0.4) is 0 Å². The molecule has 0 saturated heterocycles. The number of halogens is 2. The monoisotopic (exact) mass is 229 g/mol. The molecule has 84 valence electrons. The van der Waals surface area contributed by atoms with E-state index in [9.17, 15) is 4.39 Å². The Labute approximate surface area is 95.4 Å². The van der Waals surface area contributed by atoms with Crippen LogP contribution in [0.25, 0.3) is 0 Å². The SMILES string of the molecule is Cc1cc(C(N)C(C)(C)C)c(Cl)cc1F. The Morgan fingerprint density at radius 3 is 2.33 bits per heavy atom. The lowest BCUT2D eigenvalue weighted by atomic mass is 9.82. The van der Waals surface area contributed by atoms with Crippen LogP contribution in [-0.2, 0) is 0 Å². The van der Waals surface area contributed by atoms with Gasteiger partial charge < -0.3 is 5.73 Å². The van der Waals surface area contributed by atoms with E-state index in [1.807, 2.05) is 20.8 Å². The zero-order chi connectivity index (χ0) is 11.8. The fourth-order valence-corrected chi connectivity index (χ4v) is 1.65. The predicted octanol–water partition coefficient (Wildman–Crippen LogP) is 3.83. The molecule has 0 bridgehead atoms. The summed E-state index contributed by atoms with van der Waals surface area (Å²) >= 11 is 5.98. The minimum Gasteiger partial charge on any atom is -0.323 e. The Kier molecular flexibility index (Phi) is 3.41. The highest BCUT2D eigenvalue weighted by atomic mass is 35.5. The second-order valence-electron chi connectivity index (χ2n) is 4.97. The highest BCUT2D eigenvalue weighted by molar-refractivity contribution is 6.31. The third kappa shape index (κ3) is 2.70. The number of rotatable bonds is 1. The van der Waals surface area contributed by atoms with Crippen LogP contribution >= 0.6 is 11.6 Å². The van der Waals surface area contributed by atoms with Crippen LogP contribution in [0.15, 0.2) is 12.1 Å². The summed E-state index contributed by atoms with van der Waals surface area (Å²) in [4.78, 5) is 0. The van der Waals surface area contributed by atoms with Gasteiger partial charge in [0.05, 0.1) is 0 Å². The van der Waals surface area contributed by atoms with Crippen LogP contribution in [0, 0.1) is 18.2 Å². The molecule has 0 saturated carbocycles. The Bertz CT molecular complexity index is 369. The largest absolute Gasteiger partial charge is 0.323 e. The molecule has 1 nitrogen and oxygen atoms in total. The second-order valence-corrected chi connectivity index (χ2v) is 5.37. The van der Waals surface area contributed by atoms with Gasteiger partial charge in [0.1, 0.15) is 5.82 Å². The normalized spacial score (nSPS) is 14.1. The number of hydrogen-bond donors (Lipinski definition) is 1. The average molecular weight is 230 g/mol. The number of hydrogen-bond acceptors (Lipinski definition) is 1. The first-order valence-electron chi connectivity index (χ1n) is 4.94. The predicted molar refractivity (Wildman–Crippen MR) is 62.5 cm³/mol. The van der Waals surface area contributed by atoms with Crippen LogP contribution in [0.4, 0.5) is 4.39 Å². The molecule has 0 spiro atoms. The molecule has 0 fully saturated rings. The standard InChI is InChI=1S/C12H17ClFN/c1-7-5-8(9(13)6-10(7)14)11(15)12(2,3)4/h5-6,11H,15H2,1-4H3. The van der Waals surface area contributed by atoms with Crippen molar-refractivity contribution in [3.63, 3.8) is 0 Å². The summed E-state index contributed by atoms with van der Waals surface area (Å²) in [7, 11) is 0. The van der Waals surface area contributed by atoms with Crippen molar-refractivity contribution in [1.82, 2.24) is 0 Å². The molecular formula is C12H17ClFN. The van der Waals surface area contributed by atoms with E-state index in [2.05, 4.69) is 0 Å². The van der Waals surface area contributed by atoms with Crippen molar-refractivity contribution in [3.8, 4) is 0 Å². The van der Waals surface area contributed by atoms with Crippen LogP contribution in [-0.4, -0.2) is 0 Å². The molecule has 3 heteroatoms. The van der Waals surface area contributed by atoms with Gasteiger partial charge in [-0.15, -0.1) is 0 Å². The van der Waals surface area contributed by atoms with Crippen molar-refractivity contribution < 1.29 is 4.39 Å². The van der Waals surface area contributed by atoms with Gasteiger partial charge in [0.25, 0.3) is 0 Å². The van der Waals surface area contributed by atoms with Gasteiger partial charge >= 0.3 is 0 Å². The molecule has 15 heavy (non-hydrogen) atoms. The first-order valence-corrected chi connectivity index (χ1v) is 5.32. The summed E-state index contributed by atoms with van der Waals surface area (Å²) in [6.07, 6.45) is 0. The molecule has 1 atom stereocenters. The van der Waals surface area contributed by atoms with Crippen LogP contribution in [0.1, 0.15) is 37.9 Å². The van der Waals surface area contributed by atoms with Crippen molar-refractivity contribution in [2.75, 3.05) is 0 Å². The molecule has 0 aromatic heterocycles. The van der Waals surface area contributed by atoms with E-state index in [-0.39, 0.29) is 17.3 Å². The second kappa shape index (κ2) is 4.11. The first-order chi connectivity index (χ1) is 6.73. The topological polar surface area (TPSA) is 26.0 Å². The van der Waals surface area contributed by atoms with Gasteiger partial charge in [-0.3, -0.25) is 0 Å². The van der Waals surface area contributed by atoms with Gasteiger partial charge in [0.15, 0.2) is 0 Å². The van der Waals surface area contributed by atoms with Gasteiger partial charge in [-0.05, 0) is 29.5 Å². The summed E-state index contributed by atoms with van der Waals surface area (Å²) < 4.78 is 13.2. The fraction of sp³-hybridized carbons (Fsp3) is 0.500. The molecule has 0 amide bonds. The van der Waals surface area contributed by atoms with E-state index in [4.69, 9.17) is 17.3 Å². The molecule has 1 unspecified atom stereocenters. The smallest absolute Gasteiger partial charge is 0.127 e. The summed E-state index contributed by atoms with van der Waals surface area (Å²) in [5, 5.41) is 0.403. The maximum atomic E-state index is 13.2. The first kappa shape index (κ1) is 12.5. The van der Waals surface area contributed by atoms with Crippen molar-refractivity contribution in [1.29, 1.82) is 0 Å². The van der Waals surface area contributed by atoms with Crippen molar-refractivity contribution in [2.45, 2.75) is 33.7 Å². The van der Waals surface area contributed by atoms with Gasteiger partial charge in [-0.2, -0.15) is 0 Å². The average Bonchev–Trinajstić information content (AvgIpc) is 2.08. The van der Waals surface area contributed by atoms with Crippen molar-refractivity contribution in [3.05, 3.63) is 34.1 Å². The van der Waals surface area contributed by atoms with Crippen molar-refractivity contribution in [2.24, 2.45) is 11.1 Å². The van der Waals surface area contributed by atoms with E-state index in [0.717, 1.165) is 5.56 Å². The van der Waals surface area contributed by atoms with Gasteiger partial charge in [0, 0.05) is 11.1 Å². The van der Waals surface area contributed by atoms with Gasteiger partial charge in [-0.25, -0.2) is 4.39 Å². The van der Waals surface area contributed by atoms with Crippen LogP contribution in [0.2, 0.25) is 5.02 Å². The molecule has 2 N–H and O–H groups in total. The molecule has 1 aromatic rings. The minimum atomic E-state index is -0.287. The maximum Gasteiger partial charge on any atom is 0.127 e. The third-order valence-electron chi connectivity index (χ3n) is 2.55. The zero-order valence-electron chi connectivity index (χ0n) is 9.57. The third-order valence-corrected chi connectivity index (χ3v) is 2.87. The van der Waals surface area contributed by atoms with E-state index < -0.39 is 0 Å². The van der Waals surface area contributed by atoms with E-state index in [0.29, 0.717) is 10.6 Å². The lowest BCUT2D eigenvalue weighted by molar-refractivity contribution is 0.326. The number of aryl methyl sites for hydroxylation is 1. The van der Waals surface area contributed by atoms with Crippen LogP contribution in [0.5, 0.6) is 0 Å². The summed E-state index contributed by atoms with van der Waals surface area (Å²) in [5.41, 5.74) is 7.38. The molecule has 0 aliphatic rings. The highest BCUT2D eigenvalue weighted by Gasteiger charge is 2.24. The minimum absolute atomic E-state index is 0.0894.